The number of hydrogen-bond donors (Lipinski definition) is 0. The van der Waals surface area contributed by atoms with E-state index in [4.69, 9.17) is 0 Å². The summed E-state index contributed by atoms with van der Waals surface area (Å²) in [6, 6.07) is 0.736. The van der Waals surface area contributed by atoms with Gasteiger partial charge in [-0.25, -0.2) is 0 Å². The number of piperazine rings is 1. The molecule has 0 aliphatic carbocycles. The molecule has 2 rings (SSSR count). The largest absolute Gasteiger partial charge is 0.416 e. The van der Waals surface area contributed by atoms with E-state index in [9.17, 15) is 44.3 Å². The normalized spacial score (nSPS) is 16.6. The quantitative estimate of drug-likeness (QED) is 0.459. The van der Waals surface area contributed by atoms with E-state index in [1.54, 1.807) is 0 Å². The minimum atomic E-state index is -5.05. The molecular formula is C18H19F9N2O2. The lowest BCUT2D eigenvalue weighted by atomic mass is 10.0. The third-order valence-electron chi connectivity index (χ3n) is 4.52. The molecule has 0 atom stereocenters. The Morgan fingerprint density at radius 3 is 1.81 bits per heavy atom. The van der Waals surface area contributed by atoms with E-state index in [-0.39, 0.29) is 38.9 Å². The van der Waals surface area contributed by atoms with Crippen molar-refractivity contribution in [3.8, 4) is 0 Å². The Kier molecular flexibility index (Phi) is 7.84. The molecule has 0 radical (unpaired) electrons. The fourth-order valence-electron chi connectivity index (χ4n) is 3.01. The maximum atomic E-state index is 13.0. The van der Waals surface area contributed by atoms with Crippen molar-refractivity contribution in [1.29, 1.82) is 0 Å². The number of ether oxygens (including phenoxy) is 1. The zero-order valence-electron chi connectivity index (χ0n) is 16.0. The summed E-state index contributed by atoms with van der Waals surface area (Å²) in [5.74, 6) is -0.954. The van der Waals surface area contributed by atoms with Crippen molar-refractivity contribution < 1.29 is 49.0 Å². The maximum absolute atomic E-state index is 13.0. The van der Waals surface area contributed by atoms with Gasteiger partial charge in [0.25, 0.3) is 5.91 Å². The molecule has 1 aromatic rings. The van der Waals surface area contributed by atoms with E-state index >= 15 is 0 Å². The first-order valence-electron chi connectivity index (χ1n) is 9.12. The number of hydrogen-bond acceptors (Lipinski definition) is 3. The predicted molar refractivity (Wildman–Crippen MR) is 90.3 cm³/mol. The van der Waals surface area contributed by atoms with Gasteiger partial charge in [0.2, 0.25) is 0 Å². The summed E-state index contributed by atoms with van der Waals surface area (Å²) >= 11 is 0. The van der Waals surface area contributed by atoms with Crippen LogP contribution in [0.25, 0.3) is 0 Å². The van der Waals surface area contributed by atoms with Crippen LogP contribution in [-0.4, -0.2) is 67.8 Å². The van der Waals surface area contributed by atoms with Gasteiger partial charge in [-0.2, -0.15) is 39.5 Å². The monoisotopic (exact) mass is 466 g/mol. The first kappa shape index (κ1) is 25.2. The topological polar surface area (TPSA) is 32.8 Å². The van der Waals surface area contributed by atoms with Crippen LogP contribution in [0.2, 0.25) is 0 Å². The molecule has 13 heteroatoms. The fraction of sp³-hybridized carbons (Fsp3) is 0.611. The molecule has 1 saturated heterocycles. The Bertz CT molecular complexity index is 720. The lowest BCUT2D eigenvalue weighted by Gasteiger charge is -2.35. The Labute approximate surface area is 171 Å². The van der Waals surface area contributed by atoms with Gasteiger partial charge in [-0.05, 0) is 24.6 Å². The fourth-order valence-corrected chi connectivity index (χ4v) is 3.01. The summed E-state index contributed by atoms with van der Waals surface area (Å²) < 4.78 is 118. The summed E-state index contributed by atoms with van der Waals surface area (Å²) in [6.45, 7) is -0.442. The van der Waals surface area contributed by atoms with Gasteiger partial charge in [0, 0.05) is 44.9 Å². The highest BCUT2D eigenvalue weighted by Crippen LogP contribution is 2.36. The SMILES string of the molecule is O=C(c1cc(C(F)(F)F)cc(C(F)(F)F)c1)N1CCN(CCCOCC(F)(F)F)CC1. The van der Waals surface area contributed by atoms with Gasteiger partial charge in [-0.1, -0.05) is 0 Å². The summed E-state index contributed by atoms with van der Waals surface area (Å²) in [4.78, 5) is 15.5. The highest BCUT2D eigenvalue weighted by atomic mass is 19.4. The molecule has 0 saturated carbocycles. The molecule has 1 aliphatic rings. The standard InChI is InChI=1S/C18H19F9N2O2/c19-16(20,21)11-31-7-1-2-28-3-5-29(6-4-28)15(30)12-8-13(17(22,23)24)10-14(9-12)18(25,26)27/h8-10H,1-7,11H2. The van der Waals surface area contributed by atoms with Crippen molar-refractivity contribution >= 4 is 5.91 Å². The van der Waals surface area contributed by atoms with Gasteiger partial charge in [0.15, 0.2) is 0 Å². The molecule has 1 aromatic carbocycles. The number of nitrogens with zero attached hydrogens (tertiary/aromatic N) is 2. The lowest BCUT2D eigenvalue weighted by Crippen LogP contribution is -2.49. The average molecular weight is 466 g/mol. The zero-order valence-corrected chi connectivity index (χ0v) is 16.0. The van der Waals surface area contributed by atoms with Crippen molar-refractivity contribution in [2.45, 2.75) is 24.9 Å². The summed E-state index contributed by atoms with van der Waals surface area (Å²) in [7, 11) is 0. The van der Waals surface area contributed by atoms with Crippen LogP contribution in [0.1, 0.15) is 27.9 Å². The first-order chi connectivity index (χ1) is 14.2. The highest BCUT2D eigenvalue weighted by Gasteiger charge is 2.38. The van der Waals surface area contributed by atoms with Crippen molar-refractivity contribution in [3.63, 3.8) is 0 Å². The third-order valence-corrected chi connectivity index (χ3v) is 4.52. The molecule has 1 amide bonds. The maximum Gasteiger partial charge on any atom is 0.416 e. The number of benzene rings is 1. The van der Waals surface area contributed by atoms with Gasteiger partial charge in [-0.3, -0.25) is 9.69 Å². The van der Waals surface area contributed by atoms with E-state index in [1.807, 2.05) is 4.90 Å². The number of halogens is 9. The first-order valence-corrected chi connectivity index (χ1v) is 9.12. The summed E-state index contributed by atoms with van der Waals surface area (Å²) in [5.41, 5.74) is -3.84. The van der Waals surface area contributed by atoms with Crippen molar-refractivity contribution in [2.24, 2.45) is 0 Å². The summed E-state index contributed by atoms with van der Waals surface area (Å²) in [5, 5.41) is 0. The molecule has 1 fully saturated rings. The van der Waals surface area contributed by atoms with Crippen LogP contribution in [0.5, 0.6) is 0 Å². The number of alkyl halides is 9. The molecule has 1 heterocycles. The van der Waals surface area contributed by atoms with Crippen LogP contribution in [0.4, 0.5) is 39.5 Å². The smallest absolute Gasteiger partial charge is 0.372 e. The number of amides is 1. The average Bonchev–Trinajstić information content (AvgIpc) is 2.65. The Hall–Kier alpha value is -2.02. The Balaban J connectivity index is 1.95. The molecule has 0 aromatic heterocycles. The van der Waals surface area contributed by atoms with Crippen molar-refractivity contribution in [3.05, 3.63) is 34.9 Å². The molecule has 0 spiro atoms. The second-order valence-corrected chi connectivity index (χ2v) is 6.95. The van der Waals surface area contributed by atoms with Crippen LogP contribution in [0, 0.1) is 0 Å². The van der Waals surface area contributed by atoms with Gasteiger partial charge < -0.3 is 9.64 Å². The van der Waals surface area contributed by atoms with E-state index in [2.05, 4.69) is 4.74 Å². The highest BCUT2D eigenvalue weighted by molar-refractivity contribution is 5.94. The minimum absolute atomic E-state index is 0.0461. The van der Waals surface area contributed by atoms with Gasteiger partial charge >= 0.3 is 18.5 Å². The minimum Gasteiger partial charge on any atom is -0.372 e. The summed E-state index contributed by atoms with van der Waals surface area (Å²) in [6.07, 6.45) is -14.2. The second-order valence-electron chi connectivity index (χ2n) is 6.95. The molecular weight excluding hydrogens is 447 g/mol. The van der Waals surface area contributed by atoms with Crippen LogP contribution >= 0.6 is 0 Å². The Morgan fingerprint density at radius 2 is 1.35 bits per heavy atom. The van der Waals surface area contributed by atoms with Crippen LogP contribution < -0.4 is 0 Å². The van der Waals surface area contributed by atoms with E-state index in [0.29, 0.717) is 25.1 Å². The number of rotatable bonds is 6. The zero-order chi connectivity index (χ0) is 23.4. The molecule has 4 nitrogen and oxygen atoms in total. The van der Waals surface area contributed by atoms with Crippen LogP contribution in [0.3, 0.4) is 0 Å². The predicted octanol–water partition coefficient (Wildman–Crippen LogP) is 4.45. The molecule has 0 N–H and O–H groups in total. The van der Waals surface area contributed by atoms with Crippen LogP contribution in [0.15, 0.2) is 18.2 Å². The van der Waals surface area contributed by atoms with E-state index in [0.717, 1.165) is 4.90 Å². The number of carbonyl (C=O) groups is 1. The number of carbonyl (C=O) groups excluding carboxylic acids is 1. The molecule has 176 valence electrons. The third kappa shape index (κ3) is 7.87. The van der Waals surface area contributed by atoms with Gasteiger partial charge in [0.05, 0.1) is 11.1 Å². The molecule has 0 unspecified atom stereocenters. The lowest BCUT2D eigenvalue weighted by molar-refractivity contribution is -0.174. The van der Waals surface area contributed by atoms with Gasteiger partial charge in [-0.15, -0.1) is 0 Å². The Morgan fingerprint density at radius 1 is 0.839 bits per heavy atom. The molecule has 0 bridgehead atoms. The van der Waals surface area contributed by atoms with E-state index < -0.39 is 47.7 Å². The van der Waals surface area contributed by atoms with Crippen LogP contribution in [-0.2, 0) is 17.1 Å². The molecule has 1 aliphatic heterocycles. The van der Waals surface area contributed by atoms with Crippen molar-refractivity contribution in [2.75, 3.05) is 45.9 Å². The van der Waals surface area contributed by atoms with E-state index in [1.165, 1.54) is 0 Å². The van der Waals surface area contributed by atoms with Crippen molar-refractivity contribution in [1.82, 2.24) is 9.80 Å². The molecule has 31 heavy (non-hydrogen) atoms. The van der Waals surface area contributed by atoms with Gasteiger partial charge in [0.1, 0.15) is 6.61 Å². The second kappa shape index (κ2) is 9.63.